The van der Waals surface area contributed by atoms with Crippen molar-refractivity contribution < 1.29 is 14.3 Å². The van der Waals surface area contributed by atoms with Gasteiger partial charge in [-0.1, -0.05) is 12.1 Å². The van der Waals surface area contributed by atoms with Crippen LogP contribution in [-0.2, 0) is 9.53 Å². The number of ether oxygens (including phenoxy) is 1. The van der Waals surface area contributed by atoms with Crippen LogP contribution in [-0.4, -0.2) is 34.0 Å². The molecule has 0 bridgehead atoms. The molecule has 7 heteroatoms. The molecule has 0 aliphatic carbocycles. The molecule has 1 aromatic heterocycles. The molecule has 0 aliphatic heterocycles. The Morgan fingerprint density at radius 3 is 2.58 bits per heavy atom. The lowest BCUT2D eigenvalue weighted by Crippen LogP contribution is -2.31. The summed E-state index contributed by atoms with van der Waals surface area (Å²) in [6.45, 7) is 5.47. The number of amides is 1. The maximum absolute atomic E-state index is 12.3. The van der Waals surface area contributed by atoms with Crippen molar-refractivity contribution in [2.45, 2.75) is 37.8 Å². The molecule has 0 unspecified atom stereocenters. The van der Waals surface area contributed by atoms with Gasteiger partial charge in [0, 0.05) is 17.0 Å². The van der Waals surface area contributed by atoms with Crippen LogP contribution in [0.25, 0.3) is 0 Å². The molecule has 2 aromatic rings. The molecule has 1 N–H and O–H groups in total. The number of carbonyl (C=O) groups excluding carboxylic acids is 2. The smallest absolute Gasteiger partial charge is 0.340 e. The van der Waals surface area contributed by atoms with Gasteiger partial charge in [0.2, 0.25) is 0 Å². The quantitative estimate of drug-likeness (QED) is 0.641. The summed E-state index contributed by atoms with van der Waals surface area (Å²) < 4.78 is 6.99. The maximum Gasteiger partial charge on any atom is 0.340 e. The van der Waals surface area contributed by atoms with Crippen LogP contribution < -0.4 is 5.32 Å². The fourth-order valence-corrected chi connectivity index (χ4v) is 2.73. The van der Waals surface area contributed by atoms with Gasteiger partial charge < -0.3 is 10.1 Å². The van der Waals surface area contributed by atoms with Crippen LogP contribution >= 0.6 is 11.8 Å². The summed E-state index contributed by atoms with van der Waals surface area (Å²) in [5, 5.41) is 6.89. The van der Waals surface area contributed by atoms with E-state index in [2.05, 4.69) is 10.4 Å². The molecule has 24 heavy (non-hydrogen) atoms. The lowest BCUT2D eigenvalue weighted by Gasteiger charge is -2.16. The number of hydrogen-bond donors (Lipinski definition) is 1. The minimum atomic E-state index is -0.914. The Kier molecular flexibility index (Phi) is 6.03. The van der Waals surface area contributed by atoms with Crippen molar-refractivity contribution in [2.24, 2.45) is 0 Å². The number of carbonyl (C=O) groups is 2. The van der Waals surface area contributed by atoms with E-state index in [1.807, 2.05) is 32.2 Å². The van der Waals surface area contributed by atoms with Crippen LogP contribution in [0.15, 0.2) is 41.4 Å². The third kappa shape index (κ3) is 4.17. The summed E-state index contributed by atoms with van der Waals surface area (Å²) in [5.74, 6) is -0.338. The van der Waals surface area contributed by atoms with Crippen molar-refractivity contribution in [3.63, 3.8) is 0 Å². The van der Waals surface area contributed by atoms with Gasteiger partial charge in [-0.05, 0) is 39.2 Å². The number of nitrogens with zero attached hydrogens (tertiary/aromatic N) is 2. The lowest BCUT2D eigenvalue weighted by molar-refractivity contribution is -0.123. The maximum atomic E-state index is 12.3. The zero-order chi connectivity index (χ0) is 17.7. The van der Waals surface area contributed by atoms with E-state index in [0.717, 1.165) is 4.90 Å². The van der Waals surface area contributed by atoms with Gasteiger partial charge in [-0.25, -0.2) is 9.48 Å². The van der Waals surface area contributed by atoms with Crippen molar-refractivity contribution in [1.82, 2.24) is 9.78 Å². The summed E-state index contributed by atoms with van der Waals surface area (Å²) in [4.78, 5) is 25.4. The molecular weight excluding hydrogens is 326 g/mol. The fraction of sp³-hybridized carbons (Fsp3) is 0.353. The zero-order valence-corrected chi connectivity index (χ0v) is 15.0. The van der Waals surface area contributed by atoms with Crippen LogP contribution in [0.1, 0.15) is 37.2 Å². The molecule has 0 fully saturated rings. The predicted octanol–water partition coefficient (Wildman–Crippen LogP) is 3.37. The number of esters is 1. The molecule has 1 aromatic carbocycles. The molecule has 0 spiro atoms. The van der Waals surface area contributed by atoms with Gasteiger partial charge in [0.15, 0.2) is 6.10 Å². The van der Waals surface area contributed by atoms with Crippen molar-refractivity contribution in [3.8, 4) is 0 Å². The van der Waals surface area contributed by atoms with Gasteiger partial charge >= 0.3 is 5.97 Å². The third-order valence-electron chi connectivity index (χ3n) is 3.39. The summed E-state index contributed by atoms with van der Waals surface area (Å²) in [6, 6.07) is 8.96. The average molecular weight is 347 g/mol. The topological polar surface area (TPSA) is 73.2 Å². The molecule has 6 nitrogen and oxygen atoms in total. The second-order valence-electron chi connectivity index (χ2n) is 5.49. The van der Waals surface area contributed by atoms with Crippen molar-refractivity contribution in [2.75, 3.05) is 11.6 Å². The lowest BCUT2D eigenvalue weighted by atomic mass is 10.2. The fourth-order valence-electron chi connectivity index (χ4n) is 2.14. The largest absolute Gasteiger partial charge is 0.449 e. The van der Waals surface area contributed by atoms with Crippen molar-refractivity contribution >= 4 is 29.5 Å². The molecule has 0 aliphatic rings. The van der Waals surface area contributed by atoms with E-state index in [1.165, 1.54) is 11.8 Å². The first kappa shape index (κ1) is 18.1. The van der Waals surface area contributed by atoms with Crippen LogP contribution in [0.5, 0.6) is 0 Å². The first-order valence-corrected chi connectivity index (χ1v) is 8.85. The number of anilines is 1. The van der Waals surface area contributed by atoms with Gasteiger partial charge in [-0.3, -0.25) is 4.79 Å². The highest BCUT2D eigenvalue weighted by molar-refractivity contribution is 7.98. The number of benzene rings is 1. The number of hydrogen-bond acceptors (Lipinski definition) is 5. The standard InChI is InChI=1S/C17H21N3O3S/c1-11(2)20-15(9-10-18-20)19-16(21)12(3)23-17(22)13-7-5-6-8-14(13)24-4/h5-12H,1-4H3,(H,19,21)/t12-/m0/s1. The molecule has 1 heterocycles. The number of aromatic nitrogens is 2. The molecule has 0 saturated heterocycles. The Morgan fingerprint density at radius 2 is 1.92 bits per heavy atom. The van der Waals surface area contributed by atoms with Crippen molar-refractivity contribution in [1.29, 1.82) is 0 Å². The Bertz CT molecular complexity index is 727. The Labute approximate surface area is 145 Å². The molecule has 0 radical (unpaired) electrons. The summed E-state index contributed by atoms with van der Waals surface area (Å²) >= 11 is 1.46. The molecule has 1 amide bonds. The first-order valence-electron chi connectivity index (χ1n) is 7.62. The van der Waals surface area contributed by atoms with Crippen LogP contribution in [0, 0.1) is 0 Å². The molecule has 2 rings (SSSR count). The van der Waals surface area contributed by atoms with E-state index in [-0.39, 0.29) is 6.04 Å². The van der Waals surface area contributed by atoms with Gasteiger partial charge in [0.25, 0.3) is 5.91 Å². The van der Waals surface area contributed by atoms with Crippen LogP contribution in [0.4, 0.5) is 5.82 Å². The van der Waals surface area contributed by atoms with E-state index in [9.17, 15) is 9.59 Å². The first-order chi connectivity index (χ1) is 11.4. The van der Waals surface area contributed by atoms with Gasteiger partial charge in [-0.2, -0.15) is 5.10 Å². The Hall–Kier alpha value is -2.28. The number of rotatable bonds is 6. The minimum absolute atomic E-state index is 0.113. The normalized spacial score (nSPS) is 12.0. The second kappa shape index (κ2) is 8.01. The van der Waals surface area contributed by atoms with Crippen LogP contribution in [0.2, 0.25) is 0 Å². The van der Waals surface area contributed by atoms with E-state index in [0.29, 0.717) is 11.4 Å². The highest BCUT2D eigenvalue weighted by Crippen LogP contribution is 2.21. The SMILES string of the molecule is CSc1ccccc1C(=O)O[C@@H](C)C(=O)Nc1ccnn1C(C)C. The minimum Gasteiger partial charge on any atom is -0.449 e. The van der Waals surface area contributed by atoms with Gasteiger partial charge in [0.1, 0.15) is 5.82 Å². The summed E-state index contributed by atoms with van der Waals surface area (Å²) in [5.41, 5.74) is 0.455. The Balaban J connectivity index is 2.03. The van der Waals surface area contributed by atoms with E-state index >= 15 is 0 Å². The molecule has 0 saturated carbocycles. The van der Waals surface area contributed by atoms with Crippen LogP contribution in [0.3, 0.4) is 0 Å². The van der Waals surface area contributed by atoms with Crippen molar-refractivity contribution in [3.05, 3.63) is 42.1 Å². The molecular formula is C17H21N3O3S. The highest BCUT2D eigenvalue weighted by Gasteiger charge is 2.21. The van der Waals surface area contributed by atoms with Gasteiger partial charge in [0.05, 0.1) is 11.8 Å². The summed E-state index contributed by atoms with van der Waals surface area (Å²) in [6.07, 6.45) is 2.58. The average Bonchev–Trinajstić information content (AvgIpc) is 3.02. The summed E-state index contributed by atoms with van der Waals surface area (Å²) in [7, 11) is 0. The highest BCUT2D eigenvalue weighted by atomic mass is 32.2. The molecule has 1 atom stereocenters. The monoisotopic (exact) mass is 347 g/mol. The van der Waals surface area contributed by atoms with E-state index in [1.54, 1.807) is 36.0 Å². The van der Waals surface area contributed by atoms with Gasteiger partial charge in [-0.15, -0.1) is 11.8 Å². The zero-order valence-electron chi connectivity index (χ0n) is 14.1. The number of nitrogens with one attached hydrogen (secondary N) is 1. The number of thioether (sulfide) groups is 1. The van der Waals surface area contributed by atoms with E-state index in [4.69, 9.17) is 4.74 Å². The predicted molar refractivity (Wildman–Crippen MR) is 94.3 cm³/mol. The Morgan fingerprint density at radius 1 is 1.21 bits per heavy atom. The molecule has 128 valence electrons. The van der Waals surface area contributed by atoms with E-state index < -0.39 is 18.0 Å². The third-order valence-corrected chi connectivity index (χ3v) is 4.19. The second-order valence-corrected chi connectivity index (χ2v) is 6.34.